The van der Waals surface area contributed by atoms with Crippen LogP contribution >= 0.6 is 24.0 Å². The number of aryl methyl sites for hydroxylation is 1. The number of furan rings is 1. The SMILES string of the molecule is CN=C(NCc1ccc(C(N)=O)o1)NCC(C)c1ccc(C)cc1.I. The first kappa shape index (κ1) is 21.0. The first-order valence-electron chi connectivity index (χ1n) is 7.89. The quantitative estimate of drug-likeness (QED) is 0.354. The first-order chi connectivity index (χ1) is 11.5. The van der Waals surface area contributed by atoms with Crippen molar-refractivity contribution in [3.8, 4) is 0 Å². The Labute approximate surface area is 165 Å². The van der Waals surface area contributed by atoms with E-state index in [0.29, 0.717) is 24.2 Å². The largest absolute Gasteiger partial charge is 0.454 e. The van der Waals surface area contributed by atoms with Crippen LogP contribution in [0.15, 0.2) is 45.8 Å². The van der Waals surface area contributed by atoms with E-state index in [1.807, 2.05) is 0 Å². The molecule has 0 saturated heterocycles. The molecule has 0 radical (unpaired) electrons. The Morgan fingerprint density at radius 2 is 1.88 bits per heavy atom. The van der Waals surface area contributed by atoms with Gasteiger partial charge in [-0.1, -0.05) is 36.8 Å². The molecule has 136 valence electrons. The van der Waals surface area contributed by atoms with Crippen molar-refractivity contribution in [1.82, 2.24) is 10.6 Å². The van der Waals surface area contributed by atoms with Gasteiger partial charge in [0.15, 0.2) is 11.7 Å². The van der Waals surface area contributed by atoms with Crippen LogP contribution in [-0.2, 0) is 6.54 Å². The number of carbonyl (C=O) groups excluding carboxylic acids is 1. The zero-order valence-electron chi connectivity index (χ0n) is 14.7. The summed E-state index contributed by atoms with van der Waals surface area (Å²) in [4.78, 5) is 15.2. The molecular formula is C18H25IN4O2. The molecule has 0 spiro atoms. The molecule has 25 heavy (non-hydrogen) atoms. The van der Waals surface area contributed by atoms with Gasteiger partial charge in [-0.25, -0.2) is 0 Å². The maximum Gasteiger partial charge on any atom is 0.284 e. The number of hydrogen-bond acceptors (Lipinski definition) is 3. The minimum atomic E-state index is -0.573. The van der Waals surface area contributed by atoms with Crippen molar-refractivity contribution in [3.63, 3.8) is 0 Å². The monoisotopic (exact) mass is 456 g/mol. The van der Waals surface area contributed by atoms with Crippen LogP contribution in [0.1, 0.15) is 40.3 Å². The predicted octanol–water partition coefficient (Wildman–Crippen LogP) is 2.77. The highest BCUT2D eigenvalue weighted by Gasteiger charge is 2.09. The highest BCUT2D eigenvalue weighted by atomic mass is 127. The standard InChI is InChI=1S/C18H24N4O2.HI/c1-12-4-6-14(7-5-12)13(2)10-21-18(20-3)22-11-15-8-9-16(24-15)17(19)23;/h4-9,13H,10-11H2,1-3H3,(H2,19,23)(H2,20,21,22);1H. The highest BCUT2D eigenvalue weighted by molar-refractivity contribution is 14.0. The number of nitrogens with two attached hydrogens (primary N) is 1. The number of guanidine groups is 1. The average molecular weight is 456 g/mol. The van der Waals surface area contributed by atoms with Crippen LogP contribution in [0.5, 0.6) is 0 Å². The van der Waals surface area contributed by atoms with Crippen molar-refractivity contribution in [2.75, 3.05) is 13.6 Å². The summed E-state index contributed by atoms with van der Waals surface area (Å²) in [5.41, 5.74) is 7.70. The van der Waals surface area contributed by atoms with Crippen molar-refractivity contribution in [2.24, 2.45) is 10.7 Å². The Morgan fingerprint density at radius 3 is 2.44 bits per heavy atom. The van der Waals surface area contributed by atoms with E-state index < -0.39 is 5.91 Å². The summed E-state index contributed by atoms with van der Waals surface area (Å²) in [5.74, 6) is 1.23. The predicted molar refractivity (Wildman–Crippen MR) is 110 cm³/mol. The fourth-order valence-corrected chi connectivity index (χ4v) is 2.26. The van der Waals surface area contributed by atoms with Crippen LogP contribution in [0.3, 0.4) is 0 Å². The molecule has 0 bridgehead atoms. The number of amides is 1. The van der Waals surface area contributed by atoms with Crippen LogP contribution in [0.25, 0.3) is 0 Å². The van der Waals surface area contributed by atoms with Gasteiger partial charge in [-0.05, 0) is 30.5 Å². The maximum atomic E-state index is 11.0. The summed E-state index contributed by atoms with van der Waals surface area (Å²) in [6.45, 7) is 5.42. The number of nitrogens with zero attached hydrogens (tertiary/aromatic N) is 1. The Hall–Kier alpha value is -2.03. The van der Waals surface area contributed by atoms with Gasteiger partial charge in [0, 0.05) is 13.6 Å². The van der Waals surface area contributed by atoms with Crippen molar-refractivity contribution in [1.29, 1.82) is 0 Å². The van der Waals surface area contributed by atoms with Gasteiger partial charge in [0.1, 0.15) is 5.76 Å². The third kappa shape index (κ3) is 6.41. The molecule has 4 N–H and O–H groups in total. The maximum absolute atomic E-state index is 11.0. The number of hydrogen-bond donors (Lipinski definition) is 3. The molecule has 0 saturated carbocycles. The molecule has 0 aliphatic heterocycles. The van der Waals surface area contributed by atoms with Crippen molar-refractivity contribution >= 4 is 35.8 Å². The smallest absolute Gasteiger partial charge is 0.284 e. The first-order valence-corrected chi connectivity index (χ1v) is 7.89. The van der Waals surface area contributed by atoms with E-state index >= 15 is 0 Å². The molecular weight excluding hydrogens is 431 g/mol. The molecule has 1 atom stereocenters. The van der Waals surface area contributed by atoms with Gasteiger partial charge in [-0.2, -0.15) is 0 Å². The van der Waals surface area contributed by atoms with Crippen LogP contribution in [0.4, 0.5) is 0 Å². The molecule has 6 nitrogen and oxygen atoms in total. The van der Waals surface area contributed by atoms with Gasteiger partial charge in [0.2, 0.25) is 0 Å². The Balaban J connectivity index is 0.00000312. The average Bonchev–Trinajstić information content (AvgIpc) is 3.04. The van der Waals surface area contributed by atoms with Crippen molar-refractivity contribution in [2.45, 2.75) is 26.3 Å². The number of primary amides is 1. The van der Waals surface area contributed by atoms with Gasteiger partial charge in [0.05, 0.1) is 6.54 Å². The zero-order valence-corrected chi connectivity index (χ0v) is 17.0. The summed E-state index contributed by atoms with van der Waals surface area (Å²) in [6.07, 6.45) is 0. The van der Waals surface area contributed by atoms with E-state index in [9.17, 15) is 4.79 Å². The number of nitrogens with one attached hydrogen (secondary N) is 2. The van der Waals surface area contributed by atoms with Gasteiger partial charge in [-0.3, -0.25) is 9.79 Å². The van der Waals surface area contributed by atoms with E-state index in [0.717, 1.165) is 6.54 Å². The van der Waals surface area contributed by atoms with Crippen LogP contribution in [0, 0.1) is 6.92 Å². The second-order valence-corrected chi connectivity index (χ2v) is 5.75. The van der Waals surface area contributed by atoms with E-state index in [1.165, 1.54) is 11.1 Å². The van der Waals surface area contributed by atoms with Gasteiger partial charge in [-0.15, -0.1) is 24.0 Å². The molecule has 0 aliphatic carbocycles. The Kier molecular flexibility index (Phi) is 8.47. The van der Waals surface area contributed by atoms with E-state index in [-0.39, 0.29) is 29.7 Å². The van der Waals surface area contributed by atoms with Crippen LogP contribution in [0.2, 0.25) is 0 Å². The van der Waals surface area contributed by atoms with Gasteiger partial charge in [0.25, 0.3) is 5.91 Å². The second-order valence-electron chi connectivity index (χ2n) is 5.75. The van der Waals surface area contributed by atoms with Crippen LogP contribution < -0.4 is 16.4 Å². The zero-order chi connectivity index (χ0) is 17.5. The molecule has 1 aromatic carbocycles. The lowest BCUT2D eigenvalue weighted by molar-refractivity contribution is 0.0972. The molecule has 2 rings (SSSR count). The molecule has 1 unspecified atom stereocenters. The number of carbonyl (C=O) groups is 1. The summed E-state index contributed by atoms with van der Waals surface area (Å²) >= 11 is 0. The van der Waals surface area contributed by atoms with Crippen molar-refractivity contribution in [3.05, 3.63) is 59.0 Å². The van der Waals surface area contributed by atoms with E-state index in [1.54, 1.807) is 19.2 Å². The van der Waals surface area contributed by atoms with E-state index in [2.05, 4.69) is 53.7 Å². The fraction of sp³-hybridized carbons (Fsp3) is 0.333. The van der Waals surface area contributed by atoms with Crippen LogP contribution in [-0.4, -0.2) is 25.5 Å². The minimum absolute atomic E-state index is 0. The molecule has 1 heterocycles. The summed E-state index contributed by atoms with van der Waals surface area (Å²) in [7, 11) is 1.71. The third-order valence-electron chi connectivity index (χ3n) is 3.78. The topological polar surface area (TPSA) is 92.6 Å². The second kappa shape index (κ2) is 10.1. The molecule has 1 aromatic heterocycles. The molecule has 0 aliphatic rings. The molecule has 1 amide bonds. The third-order valence-corrected chi connectivity index (χ3v) is 3.78. The summed E-state index contributed by atoms with van der Waals surface area (Å²) < 4.78 is 5.33. The van der Waals surface area contributed by atoms with Gasteiger partial charge >= 0.3 is 0 Å². The Bertz CT molecular complexity index is 710. The lowest BCUT2D eigenvalue weighted by Gasteiger charge is -2.16. The molecule has 0 fully saturated rings. The van der Waals surface area contributed by atoms with Crippen molar-refractivity contribution < 1.29 is 9.21 Å². The number of halogens is 1. The molecule has 2 aromatic rings. The van der Waals surface area contributed by atoms with E-state index in [4.69, 9.17) is 10.2 Å². The lowest BCUT2D eigenvalue weighted by atomic mass is 10.0. The number of rotatable bonds is 6. The fourth-order valence-electron chi connectivity index (χ4n) is 2.26. The normalized spacial score (nSPS) is 12.2. The number of benzene rings is 1. The Morgan fingerprint density at radius 1 is 1.20 bits per heavy atom. The lowest BCUT2D eigenvalue weighted by Crippen LogP contribution is -2.38. The minimum Gasteiger partial charge on any atom is -0.454 e. The molecule has 7 heteroatoms. The van der Waals surface area contributed by atoms with Gasteiger partial charge < -0.3 is 20.8 Å². The summed E-state index contributed by atoms with van der Waals surface area (Å²) in [5, 5.41) is 6.43. The number of aliphatic imine (C=N–C) groups is 1. The summed E-state index contributed by atoms with van der Waals surface area (Å²) in [6, 6.07) is 11.8. The highest BCUT2D eigenvalue weighted by Crippen LogP contribution is 2.14.